The van der Waals surface area contributed by atoms with Crippen LogP contribution in [0.25, 0.3) is 0 Å². The van der Waals surface area contributed by atoms with E-state index in [-0.39, 0.29) is 0 Å². The van der Waals surface area contributed by atoms with Crippen molar-refractivity contribution in [3.63, 3.8) is 0 Å². The van der Waals surface area contributed by atoms with Gasteiger partial charge in [0, 0.05) is 28.7 Å². The van der Waals surface area contributed by atoms with Gasteiger partial charge in [0.05, 0.1) is 7.11 Å². The summed E-state index contributed by atoms with van der Waals surface area (Å²) in [6.07, 6.45) is 2.13. The van der Waals surface area contributed by atoms with Crippen molar-refractivity contribution in [2.75, 3.05) is 7.11 Å². The first-order valence-corrected chi connectivity index (χ1v) is 10.3. The fourth-order valence-electron chi connectivity index (χ4n) is 3.20. The molecular formula is C25H28ClNO2. The summed E-state index contributed by atoms with van der Waals surface area (Å²) in [5.41, 5.74) is 3.39. The monoisotopic (exact) mass is 409 g/mol. The summed E-state index contributed by atoms with van der Waals surface area (Å²) in [5, 5.41) is 4.31. The number of ether oxygens (including phenoxy) is 2. The molecule has 3 aromatic rings. The zero-order chi connectivity index (χ0) is 20.5. The molecule has 3 rings (SSSR count). The van der Waals surface area contributed by atoms with Crippen molar-refractivity contribution in [1.82, 2.24) is 5.32 Å². The summed E-state index contributed by atoms with van der Waals surface area (Å²) in [7, 11) is 1.66. The first kappa shape index (κ1) is 21.2. The van der Waals surface area contributed by atoms with Crippen LogP contribution in [0.5, 0.6) is 11.5 Å². The normalized spacial score (nSPS) is 11.8. The fraction of sp³-hybridized carbons (Fsp3) is 0.280. The van der Waals surface area contributed by atoms with Gasteiger partial charge in [-0.2, -0.15) is 0 Å². The summed E-state index contributed by atoms with van der Waals surface area (Å²) in [6.45, 7) is 3.33. The highest BCUT2D eigenvalue weighted by Crippen LogP contribution is 2.32. The van der Waals surface area contributed by atoms with Gasteiger partial charge in [0.1, 0.15) is 6.61 Å². The van der Waals surface area contributed by atoms with E-state index < -0.39 is 0 Å². The quantitative estimate of drug-likeness (QED) is 0.443. The number of hydrogen-bond donors (Lipinski definition) is 1. The summed E-state index contributed by atoms with van der Waals surface area (Å²) in [5.74, 6) is 1.49. The third kappa shape index (κ3) is 6.25. The molecule has 3 nitrogen and oxygen atoms in total. The molecule has 0 bridgehead atoms. The number of para-hydroxylation sites is 1. The van der Waals surface area contributed by atoms with E-state index >= 15 is 0 Å². The molecule has 0 aliphatic carbocycles. The van der Waals surface area contributed by atoms with E-state index in [1.54, 1.807) is 7.11 Å². The van der Waals surface area contributed by atoms with Crippen molar-refractivity contribution >= 4 is 11.6 Å². The maximum absolute atomic E-state index is 6.27. The Kier molecular flexibility index (Phi) is 7.97. The lowest BCUT2D eigenvalue weighted by molar-refractivity contribution is 0.280. The first-order chi connectivity index (χ1) is 14.2. The highest BCUT2D eigenvalue weighted by atomic mass is 35.5. The average Bonchev–Trinajstić information content (AvgIpc) is 2.76. The maximum Gasteiger partial charge on any atom is 0.166 e. The lowest BCUT2D eigenvalue weighted by Crippen LogP contribution is -2.26. The Morgan fingerprint density at radius 2 is 1.62 bits per heavy atom. The molecule has 3 aromatic carbocycles. The molecule has 1 N–H and O–H groups in total. The van der Waals surface area contributed by atoms with Crippen molar-refractivity contribution < 1.29 is 9.47 Å². The van der Waals surface area contributed by atoms with Gasteiger partial charge in [-0.1, -0.05) is 72.3 Å². The van der Waals surface area contributed by atoms with E-state index in [9.17, 15) is 0 Å². The van der Waals surface area contributed by atoms with Gasteiger partial charge in [0.15, 0.2) is 11.5 Å². The second-order valence-electron chi connectivity index (χ2n) is 7.13. The van der Waals surface area contributed by atoms with Crippen molar-refractivity contribution in [2.45, 2.75) is 39.0 Å². The van der Waals surface area contributed by atoms with E-state index in [1.807, 2.05) is 36.4 Å². The van der Waals surface area contributed by atoms with Gasteiger partial charge in [-0.05, 0) is 37.5 Å². The number of hydrogen-bond acceptors (Lipinski definition) is 3. The minimum absolute atomic E-state index is 0.387. The standard InChI is InChI=1S/C25H28ClNO2/c1-19(15-16-20-9-4-3-5-10-20)27-17-21-12-8-14-24(28-2)25(21)29-18-22-11-6-7-13-23(22)26/h3-14,19,27H,15-18H2,1-2H3/t19-/m0/s1. The molecule has 0 aliphatic heterocycles. The van der Waals surface area contributed by atoms with E-state index in [4.69, 9.17) is 21.1 Å². The Hall–Kier alpha value is -2.49. The van der Waals surface area contributed by atoms with E-state index in [1.165, 1.54) is 5.56 Å². The molecule has 0 radical (unpaired) electrons. The molecule has 1 atom stereocenters. The van der Waals surface area contributed by atoms with Crippen molar-refractivity contribution in [3.05, 3.63) is 94.5 Å². The molecular weight excluding hydrogens is 382 g/mol. The summed E-state index contributed by atoms with van der Waals surface area (Å²) >= 11 is 6.27. The van der Waals surface area contributed by atoms with Gasteiger partial charge >= 0.3 is 0 Å². The Labute approximate surface area is 178 Å². The molecule has 0 saturated heterocycles. The van der Waals surface area contributed by atoms with Crippen LogP contribution in [0.2, 0.25) is 5.02 Å². The summed E-state index contributed by atoms with van der Waals surface area (Å²) in [6, 6.07) is 24.7. The predicted molar refractivity (Wildman–Crippen MR) is 120 cm³/mol. The largest absolute Gasteiger partial charge is 0.493 e. The Balaban J connectivity index is 1.61. The number of rotatable bonds is 10. The summed E-state index contributed by atoms with van der Waals surface area (Å²) in [4.78, 5) is 0. The molecule has 0 amide bonds. The number of aryl methyl sites for hydroxylation is 1. The maximum atomic E-state index is 6.27. The van der Waals surface area contributed by atoms with Crippen LogP contribution in [0.4, 0.5) is 0 Å². The Bertz CT molecular complexity index is 898. The fourth-order valence-corrected chi connectivity index (χ4v) is 3.39. The second-order valence-corrected chi connectivity index (χ2v) is 7.54. The number of methoxy groups -OCH3 is 1. The molecule has 0 heterocycles. The van der Waals surface area contributed by atoms with Gasteiger partial charge in [-0.3, -0.25) is 0 Å². The third-order valence-corrected chi connectivity index (χ3v) is 5.33. The van der Waals surface area contributed by atoms with Gasteiger partial charge < -0.3 is 14.8 Å². The van der Waals surface area contributed by atoms with E-state index in [0.717, 1.165) is 35.5 Å². The van der Waals surface area contributed by atoms with Gasteiger partial charge in [-0.15, -0.1) is 0 Å². The molecule has 0 aromatic heterocycles. The van der Waals surface area contributed by atoms with Crippen molar-refractivity contribution in [3.8, 4) is 11.5 Å². The predicted octanol–water partition coefficient (Wildman–Crippen LogP) is 6.04. The lowest BCUT2D eigenvalue weighted by Gasteiger charge is -2.18. The van der Waals surface area contributed by atoms with E-state index in [0.29, 0.717) is 24.2 Å². The first-order valence-electron chi connectivity index (χ1n) is 9.96. The van der Waals surface area contributed by atoms with Gasteiger partial charge in [0.2, 0.25) is 0 Å². The van der Waals surface area contributed by atoms with Crippen molar-refractivity contribution in [2.24, 2.45) is 0 Å². The highest BCUT2D eigenvalue weighted by molar-refractivity contribution is 6.31. The Morgan fingerprint density at radius 1 is 0.897 bits per heavy atom. The molecule has 0 fully saturated rings. The van der Waals surface area contributed by atoms with Crippen LogP contribution in [-0.2, 0) is 19.6 Å². The van der Waals surface area contributed by atoms with Crippen LogP contribution in [0, 0.1) is 0 Å². The van der Waals surface area contributed by atoms with Crippen LogP contribution < -0.4 is 14.8 Å². The topological polar surface area (TPSA) is 30.5 Å². The minimum Gasteiger partial charge on any atom is -0.493 e. The van der Waals surface area contributed by atoms with Gasteiger partial charge in [0.25, 0.3) is 0 Å². The molecule has 0 saturated carbocycles. The van der Waals surface area contributed by atoms with Gasteiger partial charge in [-0.25, -0.2) is 0 Å². The minimum atomic E-state index is 0.387. The average molecular weight is 410 g/mol. The molecule has 29 heavy (non-hydrogen) atoms. The molecule has 0 spiro atoms. The van der Waals surface area contributed by atoms with Crippen LogP contribution >= 0.6 is 11.6 Å². The number of nitrogens with one attached hydrogen (secondary N) is 1. The molecule has 4 heteroatoms. The van der Waals surface area contributed by atoms with E-state index in [2.05, 4.69) is 48.6 Å². The van der Waals surface area contributed by atoms with Crippen LogP contribution in [0.15, 0.2) is 72.8 Å². The summed E-state index contributed by atoms with van der Waals surface area (Å²) < 4.78 is 11.7. The lowest BCUT2D eigenvalue weighted by atomic mass is 10.1. The number of benzene rings is 3. The zero-order valence-corrected chi connectivity index (χ0v) is 17.8. The third-order valence-electron chi connectivity index (χ3n) is 4.96. The Morgan fingerprint density at radius 3 is 2.38 bits per heavy atom. The smallest absolute Gasteiger partial charge is 0.166 e. The molecule has 0 aliphatic rings. The van der Waals surface area contributed by atoms with Crippen LogP contribution in [-0.4, -0.2) is 13.2 Å². The SMILES string of the molecule is COc1cccc(CN[C@@H](C)CCc2ccccc2)c1OCc1ccccc1Cl. The second kappa shape index (κ2) is 10.9. The van der Waals surface area contributed by atoms with Crippen LogP contribution in [0.1, 0.15) is 30.0 Å². The van der Waals surface area contributed by atoms with Crippen molar-refractivity contribution in [1.29, 1.82) is 0 Å². The molecule has 152 valence electrons. The van der Waals surface area contributed by atoms with Crippen LogP contribution in [0.3, 0.4) is 0 Å². The zero-order valence-electron chi connectivity index (χ0n) is 17.0. The molecule has 0 unspecified atom stereocenters. The number of halogens is 1. The highest BCUT2D eigenvalue weighted by Gasteiger charge is 2.13.